The Morgan fingerprint density at radius 2 is 2.30 bits per heavy atom. The first kappa shape index (κ1) is 14.5. The molecule has 23 heavy (non-hydrogen) atoms. The highest BCUT2D eigenvalue weighted by Crippen LogP contribution is 2.35. The zero-order chi connectivity index (χ0) is 15.6. The summed E-state index contributed by atoms with van der Waals surface area (Å²) >= 11 is 0. The average Bonchev–Trinajstić information content (AvgIpc) is 3.22. The Labute approximate surface area is 135 Å². The number of para-hydroxylation sites is 1. The lowest BCUT2D eigenvalue weighted by Gasteiger charge is -2.30. The minimum Gasteiger partial charge on any atom is -0.454 e. The molecule has 0 saturated carbocycles. The lowest BCUT2D eigenvalue weighted by molar-refractivity contribution is -0.00406. The van der Waals surface area contributed by atoms with E-state index in [-0.39, 0.29) is 6.10 Å². The SMILES string of the molecule is Cn1cncc1[C@H]1C[C@@H](NCc2cccc3c2OCO3)CCO1. The molecule has 0 unspecified atom stereocenters. The summed E-state index contributed by atoms with van der Waals surface area (Å²) in [6, 6.07) is 6.45. The summed E-state index contributed by atoms with van der Waals surface area (Å²) in [7, 11) is 2.01. The van der Waals surface area contributed by atoms with Crippen molar-refractivity contribution in [1.29, 1.82) is 0 Å². The molecule has 0 spiro atoms. The van der Waals surface area contributed by atoms with Crippen LogP contribution < -0.4 is 14.8 Å². The molecule has 1 saturated heterocycles. The Morgan fingerprint density at radius 3 is 3.17 bits per heavy atom. The van der Waals surface area contributed by atoms with Gasteiger partial charge in [-0.1, -0.05) is 12.1 Å². The second-order valence-corrected chi connectivity index (χ2v) is 6.04. The predicted molar refractivity (Wildman–Crippen MR) is 84.3 cm³/mol. The van der Waals surface area contributed by atoms with Crippen molar-refractivity contribution < 1.29 is 14.2 Å². The fourth-order valence-electron chi connectivity index (χ4n) is 3.25. The highest BCUT2D eigenvalue weighted by atomic mass is 16.7. The zero-order valence-corrected chi connectivity index (χ0v) is 13.2. The normalized spacial score (nSPS) is 23.2. The molecule has 2 aromatic rings. The number of benzene rings is 1. The molecule has 2 atom stereocenters. The number of aryl methyl sites for hydroxylation is 1. The van der Waals surface area contributed by atoms with Gasteiger partial charge in [-0.05, 0) is 18.9 Å². The number of imidazole rings is 1. The maximum Gasteiger partial charge on any atom is 0.231 e. The van der Waals surface area contributed by atoms with Crippen LogP contribution in [0.25, 0.3) is 0 Å². The summed E-state index contributed by atoms with van der Waals surface area (Å²) in [5.74, 6) is 1.71. The molecule has 0 radical (unpaired) electrons. The lowest BCUT2D eigenvalue weighted by Crippen LogP contribution is -2.36. The molecule has 122 valence electrons. The van der Waals surface area contributed by atoms with Gasteiger partial charge in [-0.25, -0.2) is 4.98 Å². The van der Waals surface area contributed by atoms with Crippen molar-refractivity contribution in [3.8, 4) is 11.5 Å². The Kier molecular flexibility index (Phi) is 3.93. The summed E-state index contributed by atoms with van der Waals surface area (Å²) in [6.45, 7) is 1.85. The summed E-state index contributed by atoms with van der Waals surface area (Å²) in [5, 5.41) is 3.63. The molecule has 1 aromatic heterocycles. The van der Waals surface area contributed by atoms with E-state index in [1.54, 1.807) is 0 Å². The molecule has 6 heteroatoms. The van der Waals surface area contributed by atoms with Crippen molar-refractivity contribution in [2.24, 2.45) is 7.05 Å². The number of aromatic nitrogens is 2. The monoisotopic (exact) mass is 315 g/mol. The number of nitrogens with zero attached hydrogens (tertiary/aromatic N) is 2. The van der Waals surface area contributed by atoms with Crippen molar-refractivity contribution in [3.05, 3.63) is 42.0 Å². The van der Waals surface area contributed by atoms with Gasteiger partial charge in [0.2, 0.25) is 6.79 Å². The third-order valence-corrected chi connectivity index (χ3v) is 4.53. The molecule has 1 N–H and O–H groups in total. The van der Waals surface area contributed by atoms with Crippen LogP contribution in [0.15, 0.2) is 30.7 Å². The molecule has 0 bridgehead atoms. The highest BCUT2D eigenvalue weighted by molar-refractivity contribution is 5.48. The Balaban J connectivity index is 1.40. The molecule has 2 aliphatic rings. The van der Waals surface area contributed by atoms with Crippen molar-refractivity contribution in [3.63, 3.8) is 0 Å². The number of nitrogens with one attached hydrogen (secondary N) is 1. The van der Waals surface area contributed by atoms with Crippen LogP contribution >= 0.6 is 0 Å². The molecular formula is C17H21N3O3. The van der Waals surface area contributed by atoms with E-state index in [1.807, 2.05) is 36.3 Å². The smallest absolute Gasteiger partial charge is 0.231 e. The van der Waals surface area contributed by atoms with Crippen LogP contribution in [0.5, 0.6) is 11.5 Å². The van der Waals surface area contributed by atoms with Gasteiger partial charge in [-0.15, -0.1) is 0 Å². The second-order valence-electron chi connectivity index (χ2n) is 6.04. The van der Waals surface area contributed by atoms with Gasteiger partial charge >= 0.3 is 0 Å². The molecule has 4 rings (SSSR count). The fraction of sp³-hybridized carbons (Fsp3) is 0.471. The fourth-order valence-corrected chi connectivity index (χ4v) is 3.25. The average molecular weight is 315 g/mol. The maximum absolute atomic E-state index is 5.91. The van der Waals surface area contributed by atoms with Gasteiger partial charge in [0.25, 0.3) is 0 Å². The molecule has 1 aromatic carbocycles. The lowest BCUT2D eigenvalue weighted by atomic mass is 10.0. The van der Waals surface area contributed by atoms with Gasteiger partial charge < -0.3 is 24.1 Å². The first-order chi connectivity index (χ1) is 11.3. The van der Waals surface area contributed by atoms with Crippen molar-refractivity contribution in [2.75, 3.05) is 13.4 Å². The van der Waals surface area contributed by atoms with E-state index in [2.05, 4.69) is 16.4 Å². The van der Waals surface area contributed by atoms with E-state index in [0.717, 1.165) is 48.7 Å². The third-order valence-electron chi connectivity index (χ3n) is 4.53. The number of fused-ring (bicyclic) bond motifs is 1. The second kappa shape index (κ2) is 6.22. The van der Waals surface area contributed by atoms with Gasteiger partial charge in [-0.3, -0.25) is 0 Å². The van der Waals surface area contributed by atoms with E-state index in [0.29, 0.717) is 12.8 Å². The predicted octanol–water partition coefficient (Wildman–Crippen LogP) is 2.16. The Hall–Kier alpha value is -2.05. The van der Waals surface area contributed by atoms with Crippen molar-refractivity contribution in [2.45, 2.75) is 31.5 Å². The minimum absolute atomic E-state index is 0.106. The van der Waals surface area contributed by atoms with Gasteiger partial charge in [0.15, 0.2) is 11.5 Å². The molecule has 6 nitrogen and oxygen atoms in total. The molecule has 0 aliphatic carbocycles. The first-order valence-corrected chi connectivity index (χ1v) is 8.00. The molecular weight excluding hydrogens is 294 g/mol. The van der Waals surface area contributed by atoms with E-state index in [9.17, 15) is 0 Å². The molecule has 0 amide bonds. The number of hydrogen-bond acceptors (Lipinski definition) is 5. The van der Waals surface area contributed by atoms with Crippen LogP contribution in [-0.4, -0.2) is 29.0 Å². The molecule has 3 heterocycles. The zero-order valence-electron chi connectivity index (χ0n) is 13.2. The van der Waals surface area contributed by atoms with Crippen LogP contribution in [0.3, 0.4) is 0 Å². The quantitative estimate of drug-likeness (QED) is 0.937. The van der Waals surface area contributed by atoms with Crippen molar-refractivity contribution >= 4 is 0 Å². The van der Waals surface area contributed by atoms with Gasteiger partial charge in [0, 0.05) is 31.8 Å². The van der Waals surface area contributed by atoms with E-state index in [4.69, 9.17) is 14.2 Å². The van der Waals surface area contributed by atoms with Crippen LogP contribution in [-0.2, 0) is 18.3 Å². The first-order valence-electron chi connectivity index (χ1n) is 8.00. The number of ether oxygens (including phenoxy) is 3. The summed E-state index contributed by atoms with van der Waals surface area (Å²) in [6.07, 6.45) is 5.78. The number of hydrogen-bond donors (Lipinski definition) is 1. The summed E-state index contributed by atoms with van der Waals surface area (Å²) in [5.41, 5.74) is 2.28. The van der Waals surface area contributed by atoms with Gasteiger partial charge in [0.1, 0.15) is 6.10 Å². The topological polar surface area (TPSA) is 57.5 Å². The van der Waals surface area contributed by atoms with Crippen LogP contribution in [0, 0.1) is 0 Å². The minimum atomic E-state index is 0.106. The Morgan fingerprint density at radius 1 is 1.35 bits per heavy atom. The standard InChI is InChI=1S/C17H21N3O3/c1-20-10-18-9-14(20)16-7-13(5-6-21-16)19-8-12-3-2-4-15-17(12)23-11-22-15/h2-4,9-10,13,16,19H,5-8,11H2,1H3/t13-,16+/m0/s1. The number of rotatable bonds is 4. The van der Waals surface area contributed by atoms with Gasteiger partial charge in [-0.2, -0.15) is 0 Å². The molecule has 1 fully saturated rings. The van der Waals surface area contributed by atoms with E-state index in [1.165, 1.54) is 0 Å². The third kappa shape index (κ3) is 2.92. The van der Waals surface area contributed by atoms with Crippen LogP contribution in [0.2, 0.25) is 0 Å². The summed E-state index contributed by atoms with van der Waals surface area (Å²) < 4.78 is 18.9. The van der Waals surface area contributed by atoms with Crippen LogP contribution in [0.1, 0.15) is 30.2 Å². The van der Waals surface area contributed by atoms with Crippen molar-refractivity contribution in [1.82, 2.24) is 14.9 Å². The highest BCUT2D eigenvalue weighted by Gasteiger charge is 2.26. The Bertz CT molecular complexity index is 685. The van der Waals surface area contributed by atoms with Gasteiger partial charge in [0.05, 0.1) is 18.2 Å². The largest absolute Gasteiger partial charge is 0.454 e. The van der Waals surface area contributed by atoms with E-state index >= 15 is 0 Å². The van der Waals surface area contributed by atoms with Crippen LogP contribution in [0.4, 0.5) is 0 Å². The molecule has 2 aliphatic heterocycles. The van der Waals surface area contributed by atoms with E-state index < -0.39 is 0 Å². The maximum atomic E-state index is 5.91. The summed E-state index contributed by atoms with van der Waals surface area (Å²) in [4.78, 5) is 4.19.